The van der Waals surface area contributed by atoms with Crippen molar-refractivity contribution >= 4 is 17.5 Å². The monoisotopic (exact) mass is 380 g/mol. The van der Waals surface area contributed by atoms with Gasteiger partial charge in [-0.05, 0) is 54.7 Å². The van der Waals surface area contributed by atoms with Gasteiger partial charge in [0.2, 0.25) is 0 Å². The summed E-state index contributed by atoms with van der Waals surface area (Å²) >= 11 is 0. The van der Waals surface area contributed by atoms with Crippen molar-refractivity contribution in [2.45, 2.75) is 38.0 Å². The smallest absolute Gasteiger partial charge is 0.255 e. The highest BCUT2D eigenvalue weighted by Crippen LogP contribution is 2.33. The zero-order valence-corrected chi connectivity index (χ0v) is 16.8. The van der Waals surface area contributed by atoms with E-state index in [1.54, 1.807) is 32.3 Å². The fourth-order valence-electron chi connectivity index (χ4n) is 3.73. The van der Waals surface area contributed by atoms with Gasteiger partial charge in [0, 0.05) is 25.2 Å². The molecule has 5 heteroatoms. The van der Waals surface area contributed by atoms with Crippen molar-refractivity contribution < 1.29 is 14.3 Å². The molecule has 1 N–H and O–H groups in total. The van der Waals surface area contributed by atoms with Crippen LogP contribution in [0.2, 0.25) is 0 Å². The number of rotatable bonds is 5. The van der Waals surface area contributed by atoms with Gasteiger partial charge < -0.3 is 15.0 Å². The molecule has 148 valence electrons. The molecule has 3 rings (SSSR count). The molecule has 0 bridgehead atoms. The van der Waals surface area contributed by atoms with Gasteiger partial charge in [0.15, 0.2) is 0 Å². The first kappa shape index (κ1) is 19.9. The first-order valence-corrected chi connectivity index (χ1v) is 9.80. The van der Waals surface area contributed by atoms with Gasteiger partial charge >= 0.3 is 0 Å². The average Bonchev–Trinajstić information content (AvgIpc) is 2.73. The number of hydrogen-bond donors (Lipinski definition) is 1. The Bertz CT molecular complexity index is 837. The van der Waals surface area contributed by atoms with Crippen LogP contribution in [0.4, 0.5) is 5.69 Å². The Hall–Kier alpha value is -2.82. The highest BCUT2D eigenvalue weighted by molar-refractivity contribution is 6.06. The fraction of sp³-hybridized carbons (Fsp3) is 0.391. The second kappa shape index (κ2) is 8.91. The van der Waals surface area contributed by atoms with Crippen LogP contribution in [0.1, 0.15) is 64.3 Å². The summed E-state index contributed by atoms with van der Waals surface area (Å²) in [5.41, 5.74) is 2.88. The Kier molecular flexibility index (Phi) is 6.34. The SMILES string of the molecule is COc1ccc(C(=O)N(C)C)cc1NC(=O)c1ccc(C2CCCCC2)cc1. The molecule has 2 amide bonds. The lowest BCUT2D eigenvalue weighted by molar-refractivity contribution is 0.0827. The molecule has 0 unspecified atom stereocenters. The number of carbonyl (C=O) groups is 2. The van der Waals surface area contributed by atoms with E-state index in [9.17, 15) is 9.59 Å². The molecule has 0 spiro atoms. The maximum atomic E-state index is 12.7. The molecule has 0 atom stereocenters. The van der Waals surface area contributed by atoms with Gasteiger partial charge in [-0.3, -0.25) is 9.59 Å². The molecular formula is C23H28N2O3. The van der Waals surface area contributed by atoms with E-state index in [1.165, 1.54) is 49.7 Å². The lowest BCUT2D eigenvalue weighted by atomic mass is 9.84. The second-order valence-corrected chi connectivity index (χ2v) is 7.53. The molecule has 28 heavy (non-hydrogen) atoms. The third kappa shape index (κ3) is 4.53. The summed E-state index contributed by atoms with van der Waals surface area (Å²) in [7, 11) is 4.93. The summed E-state index contributed by atoms with van der Waals surface area (Å²) < 4.78 is 5.34. The standard InChI is InChI=1S/C23H28N2O3/c1-25(2)23(27)19-13-14-21(28-3)20(15-19)24-22(26)18-11-9-17(10-12-18)16-7-5-4-6-8-16/h9-16H,4-8H2,1-3H3,(H,24,26). The van der Waals surface area contributed by atoms with Crippen molar-refractivity contribution in [1.82, 2.24) is 4.90 Å². The van der Waals surface area contributed by atoms with Crippen LogP contribution in [-0.2, 0) is 0 Å². The maximum Gasteiger partial charge on any atom is 0.255 e. The van der Waals surface area contributed by atoms with E-state index in [2.05, 4.69) is 17.4 Å². The predicted molar refractivity (Wildman–Crippen MR) is 111 cm³/mol. The zero-order chi connectivity index (χ0) is 20.1. The van der Waals surface area contributed by atoms with Crippen molar-refractivity contribution in [3.63, 3.8) is 0 Å². The van der Waals surface area contributed by atoms with Crippen LogP contribution in [0.5, 0.6) is 5.75 Å². The Morgan fingerprint density at radius 2 is 1.61 bits per heavy atom. The number of hydrogen-bond acceptors (Lipinski definition) is 3. The van der Waals surface area contributed by atoms with E-state index in [0.29, 0.717) is 28.5 Å². The van der Waals surface area contributed by atoms with E-state index in [0.717, 1.165) is 0 Å². The van der Waals surface area contributed by atoms with Crippen LogP contribution in [-0.4, -0.2) is 37.9 Å². The molecule has 0 heterocycles. The Morgan fingerprint density at radius 1 is 0.964 bits per heavy atom. The van der Waals surface area contributed by atoms with Gasteiger partial charge in [0.25, 0.3) is 11.8 Å². The van der Waals surface area contributed by atoms with Crippen LogP contribution in [0.15, 0.2) is 42.5 Å². The Labute approximate surface area is 166 Å². The van der Waals surface area contributed by atoms with E-state index in [4.69, 9.17) is 4.74 Å². The van der Waals surface area contributed by atoms with E-state index in [-0.39, 0.29) is 11.8 Å². The molecule has 1 fully saturated rings. The number of nitrogens with zero attached hydrogens (tertiary/aromatic N) is 1. The van der Waals surface area contributed by atoms with Crippen LogP contribution < -0.4 is 10.1 Å². The third-order valence-corrected chi connectivity index (χ3v) is 5.35. The quantitative estimate of drug-likeness (QED) is 0.818. The molecule has 1 saturated carbocycles. The van der Waals surface area contributed by atoms with Crippen LogP contribution in [0, 0.1) is 0 Å². The first-order valence-electron chi connectivity index (χ1n) is 9.80. The third-order valence-electron chi connectivity index (χ3n) is 5.35. The van der Waals surface area contributed by atoms with Gasteiger partial charge in [0.1, 0.15) is 5.75 Å². The lowest BCUT2D eigenvalue weighted by Gasteiger charge is -2.22. The largest absolute Gasteiger partial charge is 0.495 e. The Morgan fingerprint density at radius 3 is 2.21 bits per heavy atom. The van der Waals surface area contributed by atoms with Gasteiger partial charge in [-0.15, -0.1) is 0 Å². The summed E-state index contributed by atoms with van der Waals surface area (Å²) in [4.78, 5) is 26.4. The van der Waals surface area contributed by atoms with E-state index < -0.39 is 0 Å². The van der Waals surface area contributed by atoms with Gasteiger partial charge in [-0.2, -0.15) is 0 Å². The van der Waals surface area contributed by atoms with E-state index >= 15 is 0 Å². The number of nitrogens with one attached hydrogen (secondary N) is 1. The summed E-state index contributed by atoms with van der Waals surface area (Å²) in [5.74, 6) is 0.778. The molecule has 1 aliphatic carbocycles. The fourth-order valence-corrected chi connectivity index (χ4v) is 3.73. The molecule has 0 aromatic heterocycles. The number of amides is 2. The van der Waals surface area contributed by atoms with Crippen molar-refractivity contribution in [3.05, 3.63) is 59.2 Å². The van der Waals surface area contributed by atoms with Crippen molar-refractivity contribution in [2.24, 2.45) is 0 Å². The highest BCUT2D eigenvalue weighted by Gasteiger charge is 2.17. The molecular weight excluding hydrogens is 352 g/mol. The van der Waals surface area contributed by atoms with Gasteiger partial charge in [-0.1, -0.05) is 31.4 Å². The normalized spacial score (nSPS) is 14.4. The Balaban J connectivity index is 1.76. The van der Waals surface area contributed by atoms with Crippen molar-refractivity contribution in [3.8, 4) is 5.75 Å². The molecule has 2 aromatic carbocycles. The van der Waals surface area contributed by atoms with Crippen molar-refractivity contribution in [2.75, 3.05) is 26.5 Å². The van der Waals surface area contributed by atoms with Crippen molar-refractivity contribution in [1.29, 1.82) is 0 Å². The molecule has 0 aliphatic heterocycles. The van der Waals surface area contributed by atoms with Crippen LogP contribution in [0.25, 0.3) is 0 Å². The summed E-state index contributed by atoms with van der Waals surface area (Å²) in [6.45, 7) is 0. The summed E-state index contributed by atoms with van der Waals surface area (Å²) in [6, 6.07) is 12.9. The average molecular weight is 380 g/mol. The van der Waals surface area contributed by atoms with Gasteiger partial charge in [0.05, 0.1) is 12.8 Å². The van der Waals surface area contributed by atoms with E-state index in [1.807, 2.05) is 12.1 Å². The maximum absolute atomic E-state index is 12.7. The minimum absolute atomic E-state index is 0.130. The minimum atomic E-state index is -0.219. The number of carbonyl (C=O) groups excluding carboxylic acids is 2. The molecule has 5 nitrogen and oxygen atoms in total. The highest BCUT2D eigenvalue weighted by atomic mass is 16.5. The predicted octanol–water partition coefficient (Wildman–Crippen LogP) is 4.70. The van der Waals surface area contributed by atoms with Crippen LogP contribution >= 0.6 is 0 Å². The minimum Gasteiger partial charge on any atom is -0.495 e. The second-order valence-electron chi connectivity index (χ2n) is 7.53. The van der Waals surface area contributed by atoms with Gasteiger partial charge in [-0.25, -0.2) is 0 Å². The molecule has 2 aromatic rings. The number of ether oxygens (including phenoxy) is 1. The first-order chi connectivity index (χ1) is 13.5. The number of benzene rings is 2. The molecule has 0 radical (unpaired) electrons. The van der Waals surface area contributed by atoms with Crippen LogP contribution in [0.3, 0.4) is 0 Å². The summed E-state index contributed by atoms with van der Waals surface area (Å²) in [5, 5.41) is 2.88. The topological polar surface area (TPSA) is 58.6 Å². The summed E-state index contributed by atoms with van der Waals surface area (Å²) in [6.07, 6.45) is 6.36. The zero-order valence-electron chi connectivity index (χ0n) is 16.8. The number of anilines is 1. The molecule has 0 saturated heterocycles. The lowest BCUT2D eigenvalue weighted by Crippen LogP contribution is -2.22. The number of methoxy groups -OCH3 is 1. The molecule has 1 aliphatic rings.